The maximum absolute atomic E-state index is 12.5. The summed E-state index contributed by atoms with van der Waals surface area (Å²) >= 11 is 0. The molecule has 2 heterocycles. The molecule has 2 saturated heterocycles. The summed E-state index contributed by atoms with van der Waals surface area (Å²) in [6, 6.07) is -0.124. The molecule has 6 nitrogen and oxygen atoms in total. The van der Waals surface area contributed by atoms with E-state index in [9.17, 15) is 9.59 Å². The van der Waals surface area contributed by atoms with E-state index in [0.717, 1.165) is 45.6 Å². The van der Waals surface area contributed by atoms with Crippen molar-refractivity contribution >= 4 is 11.8 Å². The van der Waals surface area contributed by atoms with Crippen molar-refractivity contribution in [3.63, 3.8) is 0 Å². The average Bonchev–Trinajstić information content (AvgIpc) is 2.53. The van der Waals surface area contributed by atoms with Crippen molar-refractivity contribution in [3.8, 4) is 0 Å². The maximum atomic E-state index is 12.5. The molecule has 6 heteroatoms. The number of nitrogens with one attached hydrogen (secondary N) is 2. The van der Waals surface area contributed by atoms with E-state index in [1.54, 1.807) is 7.05 Å². The first-order chi connectivity index (χ1) is 9.63. The van der Waals surface area contributed by atoms with Crippen LogP contribution in [0.25, 0.3) is 0 Å². The zero-order valence-corrected chi connectivity index (χ0v) is 12.5. The average molecular weight is 282 g/mol. The molecule has 2 aliphatic heterocycles. The number of rotatable bonds is 3. The van der Waals surface area contributed by atoms with Gasteiger partial charge in [-0.3, -0.25) is 14.5 Å². The van der Waals surface area contributed by atoms with Gasteiger partial charge in [0.2, 0.25) is 11.8 Å². The Balaban J connectivity index is 1.92. The molecular weight excluding hydrogens is 256 g/mol. The summed E-state index contributed by atoms with van der Waals surface area (Å²) in [6.45, 7) is 6.90. The minimum Gasteiger partial charge on any atom is -0.359 e. The van der Waals surface area contributed by atoms with Gasteiger partial charge in [0, 0.05) is 39.8 Å². The van der Waals surface area contributed by atoms with Crippen LogP contribution < -0.4 is 10.6 Å². The molecule has 0 saturated carbocycles. The van der Waals surface area contributed by atoms with Crippen LogP contribution in [0.2, 0.25) is 0 Å². The number of hydrogen-bond acceptors (Lipinski definition) is 4. The highest BCUT2D eigenvalue weighted by atomic mass is 16.2. The molecule has 2 rings (SSSR count). The van der Waals surface area contributed by atoms with Crippen molar-refractivity contribution in [3.05, 3.63) is 0 Å². The van der Waals surface area contributed by atoms with Gasteiger partial charge in [0.05, 0.1) is 12.0 Å². The predicted molar refractivity (Wildman–Crippen MR) is 77.3 cm³/mol. The van der Waals surface area contributed by atoms with E-state index < -0.39 is 0 Å². The summed E-state index contributed by atoms with van der Waals surface area (Å²) in [5.41, 5.74) is 0. The van der Waals surface area contributed by atoms with Crippen LogP contribution in [-0.2, 0) is 9.59 Å². The van der Waals surface area contributed by atoms with Gasteiger partial charge < -0.3 is 15.5 Å². The van der Waals surface area contributed by atoms with E-state index in [1.165, 1.54) is 0 Å². The number of piperazine rings is 1. The minimum atomic E-state index is -0.124. The molecule has 2 fully saturated rings. The van der Waals surface area contributed by atoms with Crippen molar-refractivity contribution in [2.45, 2.75) is 25.8 Å². The van der Waals surface area contributed by atoms with E-state index in [2.05, 4.69) is 15.5 Å². The van der Waals surface area contributed by atoms with Crippen molar-refractivity contribution in [1.82, 2.24) is 20.4 Å². The van der Waals surface area contributed by atoms with Gasteiger partial charge in [-0.15, -0.1) is 0 Å². The van der Waals surface area contributed by atoms with Crippen LogP contribution in [0.15, 0.2) is 0 Å². The Bertz CT molecular complexity index is 355. The molecule has 0 radical (unpaired) electrons. The lowest BCUT2D eigenvalue weighted by Gasteiger charge is -2.38. The molecule has 0 aromatic carbocycles. The highest BCUT2D eigenvalue weighted by molar-refractivity contribution is 5.82. The first-order valence-electron chi connectivity index (χ1n) is 7.58. The smallest absolute Gasteiger partial charge is 0.239 e. The number of carbonyl (C=O) groups is 2. The molecule has 20 heavy (non-hydrogen) atoms. The summed E-state index contributed by atoms with van der Waals surface area (Å²) in [5, 5.41) is 5.97. The van der Waals surface area contributed by atoms with E-state index in [1.807, 2.05) is 11.8 Å². The molecule has 2 amide bonds. The number of hydrogen-bond donors (Lipinski definition) is 2. The topological polar surface area (TPSA) is 64.7 Å². The van der Waals surface area contributed by atoms with E-state index in [0.29, 0.717) is 6.54 Å². The fraction of sp³-hybridized carbons (Fsp3) is 0.857. The number of piperidine rings is 1. The Labute approximate surface area is 120 Å². The number of likely N-dealkylation sites (tertiary alicyclic amines) is 1. The number of nitrogens with zero attached hydrogens (tertiary/aromatic N) is 2. The maximum Gasteiger partial charge on any atom is 0.239 e. The standard InChI is InChI=1S/C14H26N4O2/c1-11(14(20)17-8-5-16-6-9-17)18-7-3-4-12(10-18)13(19)15-2/h11-12,16H,3-10H2,1-2H3,(H,15,19). The van der Waals surface area contributed by atoms with Gasteiger partial charge >= 0.3 is 0 Å². The van der Waals surface area contributed by atoms with Crippen LogP contribution in [0, 0.1) is 5.92 Å². The third-order valence-corrected chi connectivity index (χ3v) is 4.40. The van der Waals surface area contributed by atoms with Gasteiger partial charge in [-0.25, -0.2) is 0 Å². The first-order valence-corrected chi connectivity index (χ1v) is 7.58. The van der Waals surface area contributed by atoms with E-state index >= 15 is 0 Å². The molecule has 2 N–H and O–H groups in total. The quantitative estimate of drug-likeness (QED) is 0.716. The molecular formula is C14H26N4O2. The summed E-state index contributed by atoms with van der Waals surface area (Å²) in [4.78, 5) is 28.4. The lowest BCUT2D eigenvalue weighted by atomic mass is 9.96. The molecule has 0 aromatic heterocycles. The fourth-order valence-electron chi connectivity index (χ4n) is 3.08. The minimum absolute atomic E-state index is 0.0204. The second kappa shape index (κ2) is 7.04. The summed E-state index contributed by atoms with van der Waals surface area (Å²) in [5.74, 6) is 0.313. The van der Waals surface area contributed by atoms with E-state index in [4.69, 9.17) is 0 Å². The lowest BCUT2D eigenvalue weighted by Crippen LogP contribution is -2.55. The largest absolute Gasteiger partial charge is 0.359 e. The van der Waals surface area contributed by atoms with Gasteiger partial charge in [-0.2, -0.15) is 0 Å². The molecule has 2 aliphatic rings. The molecule has 2 atom stereocenters. The highest BCUT2D eigenvalue weighted by Crippen LogP contribution is 2.19. The first kappa shape index (κ1) is 15.3. The molecule has 114 valence electrons. The number of carbonyl (C=O) groups excluding carboxylic acids is 2. The molecule has 0 spiro atoms. The van der Waals surface area contributed by atoms with Crippen LogP contribution in [0.4, 0.5) is 0 Å². The van der Waals surface area contributed by atoms with Crippen LogP contribution in [-0.4, -0.2) is 74.0 Å². The van der Waals surface area contributed by atoms with Crippen LogP contribution in [0.5, 0.6) is 0 Å². The third-order valence-electron chi connectivity index (χ3n) is 4.40. The zero-order chi connectivity index (χ0) is 14.5. The lowest BCUT2D eigenvalue weighted by molar-refractivity contribution is -0.139. The van der Waals surface area contributed by atoms with Crippen LogP contribution in [0.1, 0.15) is 19.8 Å². The highest BCUT2D eigenvalue weighted by Gasteiger charge is 2.32. The molecule has 0 bridgehead atoms. The Kier molecular flexibility index (Phi) is 5.37. The van der Waals surface area contributed by atoms with Crippen molar-refractivity contribution < 1.29 is 9.59 Å². The van der Waals surface area contributed by atoms with Crippen molar-refractivity contribution in [1.29, 1.82) is 0 Å². The molecule has 0 aromatic rings. The second-order valence-corrected chi connectivity index (χ2v) is 5.70. The van der Waals surface area contributed by atoms with Gasteiger partial charge in [0.25, 0.3) is 0 Å². The Hall–Kier alpha value is -1.14. The Morgan fingerprint density at radius 3 is 2.60 bits per heavy atom. The Morgan fingerprint density at radius 1 is 1.25 bits per heavy atom. The van der Waals surface area contributed by atoms with Crippen molar-refractivity contribution in [2.24, 2.45) is 5.92 Å². The third kappa shape index (κ3) is 3.49. The predicted octanol–water partition coefficient (Wildman–Crippen LogP) is -0.735. The summed E-state index contributed by atoms with van der Waals surface area (Å²) < 4.78 is 0. The monoisotopic (exact) mass is 282 g/mol. The van der Waals surface area contributed by atoms with E-state index in [-0.39, 0.29) is 23.8 Å². The van der Waals surface area contributed by atoms with Gasteiger partial charge in [-0.1, -0.05) is 0 Å². The van der Waals surface area contributed by atoms with Crippen molar-refractivity contribution in [2.75, 3.05) is 46.3 Å². The Morgan fingerprint density at radius 2 is 1.95 bits per heavy atom. The van der Waals surface area contributed by atoms with Gasteiger partial charge in [0.1, 0.15) is 0 Å². The van der Waals surface area contributed by atoms with Crippen LogP contribution in [0.3, 0.4) is 0 Å². The zero-order valence-electron chi connectivity index (χ0n) is 12.5. The summed E-state index contributed by atoms with van der Waals surface area (Å²) in [6.07, 6.45) is 1.90. The number of amides is 2. The second-order valence-electron chi connectivity index (χ2n) is 5.70. The summed E-state index contributed by atoms with van der Waals surface area (Å²) in [7, 11) is 1.68. The molecule has 0 aliphatic carbocycles. The van der Waals surface area contributed by atoms with Gasteiger partial charge in [0.15, 0.2) is 0 Å². The molecule has 2 unspecified atom stereocenters. The normalized spacial score (nSPS) is 26.1. The fourth-order valence-corrected chi connectivity index (χ4v) is 3.08. The van der Waals surface area contributed by atoms with Gasteiger partial charge in [-0.05, 0) is 26.3 Å². The van der Waals surface area contributed by atoms with Crippen LogP contribution >= 0.6 is 0 Å². The SMILES string of the molecule is CNC(=O)C1CCCN(C(C)C(=O)N2CCNCC2)C1.